The Kier molecular flexibility index (Phi) is 1.63. The van der Waals surface area contributed by atoms with Crippen molar-refractivity contribution >= 4 is 22.6 Å². The molecule has 1 aliphatic rings. The monoisotopic (exact) mass is 215 g/mol. The first-order valence-electron chi connectivity index (χ1n) is 4.75. The molecule has 3 rings (SSSR count). The highest BCUT2D eigenvalue weighted by Crippen LogP contribution is 2.28. The third-order valence-electron chi connectivity index (χ3n) is 2.70. The minimum Gasteiger partial charge on any atom is -0.288 e. The van der Waals surface area contributed by atoms with Crippen molar-refractivity contribution in [2.75, 3.05) is 0 Å². The number of imide groups is 1. The summed E-state index contributed by atoms with van der Waals surface area (Å²) in [4.78, 5) is 23.1. The highest BCUT2D eigenvalue weighted by molar-refractivity contribution is 6.25. The first-order chi connectivity index (χ1) is 7.68. The van der Waals surface area contributed by atoms with E-state index in [1.807, 2.05) is 0 Å². The van der Waals surface area contributed by atoms with E-state index in [1.54, 1.807) is 18.2 Å². The zero-order valence-electron chi connectivity index (χ0n) is 8.08. The molecular weight excluding hydrogens is 209 g/mol. The summed E-state index contributed by atoms with van der Waals surface area (Å²) < 4.78 is 13.5. The molecule has 2 aromatic carbocycles. The van der Waals surface area contributed by atoms with Gasteiger partial charge in [-0.25, -0.2) is 4.39 Å². The predicted octanol–water partition coefficient (Wildman–Crippen LogP) is 1.86. The molecule has 78 valence electrons. The van der Waals surface area contributed by atoms with Gasteiger partial charge in [0.05, 0.1) is 0 Å². The molecule has 1 heterocycles. The Morgan fingerprint density at radius 2 is 1.62 bits per heavy atom. The second-order valence-corrected chi connectivity index (χ2v) is 3.61. The number of carbonyl (C=O) groups is 2. The summed E-state index contributed by atoms with van der Waals surface area (Å²) in [5, 5.41) is 2.92. The lowest BCUT2D eigenvalue weighted by atomic mass is 9.95. The summed E-state index contributed by atoms with van der Waals surface area (Å²) in [6, 6.07) is 7.36. The second-order valence-electron chi connectivity index (χ2n) is 3.61. The third kappa shape index (κ3) is 1.01. The number of rotatable bonds is 0. The van der Waals surface area contributed by atoms with Crippen molar-refractivity contribution in [3.63, 3.8) is 0 Å². The number of benzene rings is 2. The quantitative estimate of drug-likeness (QED) is 0.682. The van der Waals surface area contributed by atoms with Gasteiger partial charge in [-0.15, -0.1) is 0 Å². The first-order valence-corrected chi connectivity index (χ1v) is 4.75. The molecule has 4 heteroatoms. The van der Waals surface area contributed by atoms with Gasteiger partial charge in [0.1, 0.15) is 5.82 Å². The van der Waals surface area contributed by atoms with E-state index in [0.29, 0.717) is 21.9 Å². The van der Waals surface area contributed by atoms with Gasteiger partial charge in [-0.1, -0.05) is 12.1 Å². The maximum Gasteiger partial charge on any atom is 0.258 e. The number of nitrogens with one attached hydrogen (secondary N) is 1. The van der Waals surface area contributed by atoms with Crippen molar-refractivity contribution in [2.45, 2.75) is 0 Å². The van der Waals surface area contributed by atoms with Crippen LogP contribution in [0.5, 0.6) is 0 Å². The summed E-state index contributed by atoms with van der Waals surface area (Å²) in [6.45, 7) is 0. The fourth-order valence-corrected chi connectivity index (χ4v) is 1.99. The molecule has 1 aliphatic heterocycles. The normalized spacial score (nSPS) is 14.1. The Bertz CT molecular complexity index is 629. The van der Waals surface area contributed by atoms with E-state index in [4.69, 9.17) is 0 Å². The maximum atomic E-state index is 13.5. The van der Waals surface area contributed by atoms with Crippen LogP contribution in [0, 0.1) is 5.82 Å². The van der Waals surface area contributed by atoms with Gasteiger partial charge in [0.2, 0.25) is 0 Å². The Morgan fingerprint density at radius 3 is 2.38 bits per heavy atom. The van der Waals surface area contributed by atoms with Gasteiger partial charge in [0, 0.05) is 21.9 Å². The van der Waals surface area contributed by atoms with Gasteiger partial charge in [-0.3, -0.25) is 14.9 Å². The molecule has 16 heavy (non-hydrogen) atoms. The third-order valence-corrected chi connectivity index (χ3v) is 2.70. The summed E-state index contributed by atoms with van der Waals surface area (Å²) in [7, 11) is 0. The molecule has 2 amide bonds. The highest BCUT2D eigenvalue weighted by atomic mass is 19.1. The molecule has 1 N–H and O–H groups in total. The number of carbonyl (C=O) groups excluding carboxylic acids is 2. The van der Waals surface area contributed by atoms with E-state index in [2.05, 4.69) is 5.32 Å². The van der Waals surface area contributed by atoms with Crippen molar-refractivity contribution in [3.05, 3.63) is 47.3 Å². The predicted molar refractivity (Wildman–Crippen MR) is 55.7 cm³/mol. The summed E-state index contributed by atoms with van der Waals surface area (Å²) in [6.07, 6.45) is 0. The van der Waals surface area contributed by atoms with Gasteiger partial charge in [0.15, 0.2) is 0 Å². The van der Waals surface area contributed by atoms with Gasteiger partial charge < -0.3 is 0 Å². The van der Waals surface area contributed by atoms with E-state index >= 15 is 0 Å². The largest absolute Gasteiger partial charge is 0.288 e. The average molecular weight is 215 g/mol. The van der Waals surface area contributed by atoms with Gasteiger partial charge in [-0.05, 0) is 18.2 Å². The van der Waals surface area contributed by atoms with Crippen molar-refractivity contribution in [1.29, 1.82) is 0 Å². The molecule has 0 unspecified atom stereocenters. The SMILES string of the molecule is O=C1NC(=O)c2ccc(F)c3cccc1c23. The molecule has 0 saturated heterocycles. The minimum absolute atomic E-state index is 0.304. The molecule has 0 atom stereocenters. The molecule has 0 bridgehead atoms. The molecule has 0 aromatic heterocycles. The smallest absolute Gasteiger partial charge is 0.258 e. The Balaban J connectivity index is 2.57. The molecule has 0 saturated carbocycles. The number of hydrogen-bond donors (Lipinski definition) is 1. The summed E-state index contributed by atoms with van der Waals surface area (Å²) in [5.41, 5.74) is 0.679. The first kappa shape index (κ1) is 9.03. The fraction of sp³-hybridized carbons (Fsp3) is 0. The summed E-state index contributed by atoms with van der Waals surface area (Å²) in [5.74, 6) is -1.38. The molecule has 3 nitrogen and oxygen atoms in total. The lowest BCUT2D eigenvalue weighted by molar-refractivity contribution is 0.0845. The topological polar surface area (TPSA) is 46.2 Å². The number of amides is 2. The van der Waals surface area contributed by atoms with Crippen molar-refractivity contribution < 1.29 is 14.0 Å². The van der Waals surface area contributed by atoms with Gasteiger partial charge in [0.25, 0.3) is 11.8 Å². The lowest BCUT2D eigenvalue weighted by Crippen LogP contribution is -2.34. The van der Waals surface area contributed by atoms with E-state index in [0.717, 1.165) is 0 Å². The highest BCUT2D eigenvalue weighted by Gasteiger charge is 2.25. The van der Waals surface area contributed by atoms with Crippen LogP contribution in [-0.2, 0) is 0 Å². The van der Waals surface area contributed by atoms with Crippen LogP contribution >= 0.6 is 0 Å². The van der Waals surface area contributed by atoms with Crippen molar-refractivity contribution in [1.82, 2.24) is 5.32 Å². The number of hydrogen-bond acceptors (Lipinski definition) is 2. The van der Waals surface area contributed by atoms with E-state index < -0.39 is 17.6 Å². The number of halogens is 1. The van der Waals surface area contributed by atoms with Crippen LogP contribution in [0.4, 0.5) is 4.39 Å². The minimum atomic E-state index is -0.478. The van der Waals surface area contributed by atoms with Crippen LogP contribution in [0.3, 0.4) is 0 Å². The fourth-order valence-electron chi connectivity index (χ4n) is 1.99. The van der Waals surface area contributed by atoms with E-state index in [9.17, 15) is 14.0 Å². The van der Waals surface area contributed by atoms with Crippen LogP contribution in [0.25, 0.3) is 10.8 Å². The Hall–Kier alpha value is -2.23. The molecule has 0 radical (unpaired) electrons. The Labute approximate surface area is 89.9 Å². The van der Waals surface area contributed by atoms with Crippen LogP contribution in [0.15, 0.2) is 30.3 Å². The second kappa shape index (κ2) is 2.88. The zero-order valence-corrected chi connectivity index (χ0v) is 8.08. The summed E-state index contributed by atoms with van der Waals surface area (Å²) >= 11 is 0. The molecule has 2 aromatic rings. The van der Waals surface area contributed by atoms with Crippen LogP contribution < -0.4 is 5.32 Å². The van der Waals surface area contributed by atoms with Gasteiger partial charge >= 0.3 is 0 Å². The maximum absolute atomic E-state index is 13.5. The van der Waals surface area contributed by atoms with Crippen molar-refractivity contribution in [3.8, 4) is 0 Å². The molecule has 0 spiro atoms. The van der Waals surface area contributed by atoms with Gasteiger partial charge in [-0.2, -0.15) is 0 Å². The molecule has 0 fully saturated rings. The van der Waals surface area contributed by atoms with Crippen LogP contribution in [0.1, 0.15) is 20.7 Å². The van der Waals surface area contributed by atoms with E-state index in [-0.39, 0.29) is 0 Å². The zero-order chi connectivity index (χ0) is 11.3. The molecule has 0 aliphatic carbocycles. The lowest BCUT2D eigenvalue weighted by Gasteiger charge is -2.16. The standard InChI is InChI=1S/C12H6FNO2/c13-9-5-4-8-10-6(9)2-1-3-7(10)11(15)14-12(8)16/h1-5H,(H,14,15,16). The average Bonchev–Trinajstić information content (AvgIpc) is 2.27. The van der Waals surface area contributed by atoms with Crippen molar-refractivity contribution in [2.24, 2.45) is 0 Å². The molecular formula is C12H6FNO2. The Morgan fingerprint density at radius 1 is 0.938 bits per heavy atom. The van der Waals surface area contributed by atoms with Crippen LogP contribution in [0.2, 0.25) is 0 Å². The van der Waals surface area contributed by atoms with Crippen LogP contribution in [-0.4, -0.2) is 11.8 Å². The van der Waals surface area contributed by atoms with E-state index in [1.165, 1.54) is 12.1 Å².